The summed E-state index contributed by atoms with van der Waals surface area (Å²) in [4.78, 5) is 12.8. The molecule has 0 saturated heterocycles. The quantitative estimate of drug-likeness (QED) is 0.449. The van der Waals surface area contributed by atoms with Crippen molar-refractivity contribution in [2.45, 2.75) is 26.0 Å². The Morgan fingerprint density at radius 1 is 0.900 bits per heavy atom. The molecular formula is C26H25FO2Si. The molecule has 0 aliphatic heterocycles. The van der Waals surface area contributed by atoms with Crippen LogP contribution < -0.4 is 10.4 Å². The maximum Gasteiger partial charge on any atom is 0.253 e. The van der Waals surface area contributed by atoms with E-state index in [9.17, 15) is 9.18 Å². The standard InChI is InChI=1S/C26H25FO2Si/c1-19-17-25(28)24(18-20-13-15-21(27)16-14-20)26(19)29-30(2,22-9-5-3-6-10-22)23-11-7-4-8-12-23/h3-16,18-19,26H,17H2,1-2H3. The minimum atomic E-state index is -2.56. The Morgan fingerprint density at radius 2 is 1.43 bits per heavy atom. The summed E-state index contributed by atoms with van der Waals surface area (Å²) >= 11 is 0. The van der Waals surface area contributed by atoms with Gasteiger partial charge in [-0.2, -0.15) is 0 Å². The highest BCUT2D eigenvalue weighted by molar-refractivity contribution is 6.96. The fourth-order valence-corrected chi connectivity index (χ4v) is 7.26. The minimum Gasteiger partial charge on any atom is -0.401 e. The first-order chi connectivity index (χ1) is 14.5. The second-order valence-corrected chi connectivity index (χ2v) is 11.5. The van der Waals surface area contributed by atoms with Crippen molar-refractivity contribution in [2.75, 3.05) is 0 Å². The second kappa shape index (κ2) is 8.50. The van der Waals surface area contributed by atoms with Gasteiger partial charge in [0.15, 0.2) is 5.78 Å². The number of Topliss-reactive ketones (excluding diaryl/α,β-unsaturated/α-hetero) is 1. The van der Waals surface area contributed by atoms with Gasteiger partial charge >= 0.3 is 0 Å². The number of carbonyl (C=O) groups excluding carboxylic acids is 1. The third-order valence-electron chi connectivity index (χ3n) is 5.86. The van der Waals surface area contributed by atoms with Crippen molar-refractivity contribution in [3.05, 3.63) is 102 Å². The second-order valence-electron chi connectivity index (χ2n) is 8.06. The van der Waals surface area contributed by atoms with Gasteiger partial charge in [-0.25, -0.2) is 4.39 Å². The van der Waals surface area contributed by atoms with Crippen LogP contribution in [0.4, 0.5) is 4.39 Å². The number of rotatable bonds is 5. The number of carbonyl (C=O) groups is 1. The lowest BCUT2D eigenvalue weighted by Gasteiger charge is -2.33. The minimum absolute atomic E-state index is 0.0865. The zero-order valence-electron chi connectivity index (χ0n) is 17.2. The number of benzene rings is 3. The Kier molecular flexibility index (Phi) is 5.80. The molecule has 0 N–H and O–H groups in total. The summed E-state index contributed by atoms with van der Waals surface area (Å²) in [5.74, 6) is -0.0954. The Labute approximate surface area is 178 Å². The first-order valence-corrected chi connectivity index (χ1v) is 12.7. The topological polar surface area (TPSA) is 26.3 Å². The molecule has 1 fully saturated rings. The van der Waals surface area contributed by atoms with E-state index in [2.05, 4.69) is 37.7 Å². The van der Waals surface area contributed by atoms with Gasteiger partial charge in [0.2, 0.25) is 0 Å². The van der Waals surface area contributed by atoms with E-state index < -0.39 is 8.32 Å². The van der Waals surface area contributed by atoms with Gasteiger partial charge in [-0.15, -0.1) is 0 Å². The lowest BCUT2D eigenvalue weighted by molar-refractivity contribution is -0.114. The van der Waals surface area contributed by atoms with Gasteiger partial charge in [-0.05, 0) is 46.6 Å². The van der Waals surface area contributed by atoms with Crippen molar-refractivity contribution in [1.82, 2.24) is 0 Å². The average molecular weight is 417 g/mol. The predicted octanol–water partition coefficient (Wildman–Crippen LogP) is 4.59. The van der Waals surface area contributed by atoms with Gasteiger partial charge in [0.25, 0.3) is 8.32 Å². The van der Waals surface area contributed by atoms with Crippen molar-refractivity contribution in [3.8, 4) is 0 Å². The molecule has 0 aromatic heterocycles. The Bertz CT molecular complexity index is 1010. The fourth-order valence-electron chi connectivity index (χ4n) is 4.13. The summed E-state index contributed by atoms with van der Waals surface area (Å²) < 4.78 is 20.2. The van der Waals surface area contributed by atoms with Gasteiger partial charge in [0, 0.05) is 12.0 Å². The van der Waals surface area contributed by atoms with Gasteiger partial charge in [0.1, 0.15) is 5.82 Å². The van der Waals surface area contributed by atoms with Crippen molar-refractivity contribution in [1.29, 1.82) is 0 Å². The molecule has 0 spiro atoms. The van der Waals surface area contributed by atoms with Crippen LogP contribution in [0.2, 0.25) is 6.55 Å². The number of hydrogen-bond acceptors (Lipinski definition) is 2. The van der Waals surface area contributed by atoms with Crippen molar-refractivity contribution < 1.29 is 13.6 Å². The molecule has 4 rings (SSSR count). The largest absolute Gasteiger partial charge is 0.401 e. The molecule has 0 radical (unpaired) electrons. The van der Waals surface area contributed by atoms with Gasteiger partial charge in [0.05, 0.1) is 6.10 Å². The monoisotopic (exact) mass is 416 g/mol. The normalized spacial score (nSPS) is 20.6. The third kappa shape index (κ3) is 4.06. The molecule has 4 heteroatoms. The maximum absolute atomic E-state index is 13.3. The van der Waals surface area contributed by atoms with Gasteiger partial charge < -0.3 is 4.43 Å². The van der Waals surface area contributed by atoms with E-state index in [4.69, 9.17) is 4.43 Å². The van der Waals surface area contributed by atoms with Crippen LogP contribution in [0.3, 0.4) is 0 Å². The van der Waals surface area contributed by atoms with E-state index in [1.165, 1.54) is 22.5 Å². The van der Waals surface area contributed by atoms with E-state index in [1.807, 2.05) is 42.5 Å². The van der Waals surface area contributed by atoms with Crippen LogP contribution in [0.1, 0.15) is 18.9 Å². The van der Waals surface area contributed by atoms with Crippen LogP contribution in [0.5, 0.6) is 0 Å². The summed E-state index contributed by atoms with van der Waals surface area (Å²) in [6.07, 6.45) is 2.03. The number of hydrogen-bond donors (Lipinski definition) is 0. The molecule has 2 atom stereocenters. The summed E-state index contributed by atoms with van der Waals surface area (Å²) in [6.45, 7) is 4.27. The molecule has 152 valence electrons. The zero-order chi connectivity index (χ0) is 21.1. The summed E-state index contributed by atoms with van der Waals surface area (Å²) in [5.41, 5.74) is 1.49. The number of ketones is 1. The number of halogens is 1. The van der Waals surface area contributed by atoms with Gasteiger partial charge in [-0.1, -0.05) is 79.7 Å². The summed E-state index contributed by atoms with van der Waals surface area (Å²) in [5, 5.41) is 2.34. The molecule has 2 nitrogen and oxygen atoms in total. The average Bonchev–Trinajstić information content (AvgIpc) is 3.03. The maximum atomic E-state index is 13.3. The van der Waals surface area contributed by atoms with Crippen LogP contribution >= 0.6 is 0 Å². The molecule has 0 amide bonds. The van der Waals surface area contributed by atoms with Crippen LogP contribution in [0.15, 0.2) is 90.5 Å². The molecule has 2 unspecified atom stereocenters. The van der Waals surface area contributed by atoms with Crippen LogP contribution in [-0.4, -0.2) is 20.2 Å². The fraction of sp³-hybridized carbons (Fsp3) is 0.192. The highest BCUT2D eigenvalue weighted by atomic mass is 28.4. The molecule has 0 bridgehead atoms. The molecule has 1 aliphatic rings. The molecule has 0 heterocycles. The van der Waals surface area contributed by atoms with Crippen molar-refractivity contribution >= 4 is 30.6 Å². The molecule has 30 heavy (non-hydrogen) atoms. The lowest BCUT2D eigenvalue weighted by Crippen LogP contribution is -2.60. The van der Waals surface area contributed by atoms with Crippen molar-refractivity contribution in [3.63, 3.8) is 0 Å². The van der Waals surface area contributed by atoms with Crippen LogP contribution in [-0.2, 0) is 9.22 Å². The molecule has 1 saturated carbocycles. The van der Waals surface area contributed by atoms with Crippen LogP contribution in [0.25, 0.3) is 6.08 Å². The smallest absolute Gasteiger partial charge is 0.253 e. The molecular weight excluding hydrogens is 391 g/mol. The SMILES string of the molecule is CC1CC(=O)C(=Cc2ccc(F)cc2)C1O[Si](C)(c1ccccc1)c1ccccc1. The van der Waals surface area contributed by atoms with E-state index >= 15 is 0 Å². The van der Waals surface area contributed by atoms with Gasteiger partial charge in [-0.3, -0.25) is 4.79 Å². The summed E-state index contributed by atoms with van der Waals surface area (Å²) in [6, 6.07) is 26.8. The lowest BCUT2D eigenvalue weighted by atomic mass is 10.0. The highest BCUT2D eigenvalue weighted by Crippen LogP contribution is 2.33. The molecule has 1 aliphatic carbocycles. The van der Waals surface area contributed by atoms with E-state index in [-0.39, 0.29) is 23.6 Å². The Balaban J connectivity index is 1.76. The summed E-state index contributed by atoms with van der Waals surface area (Å²) in [7, 11) is -2.56. The first-order valence-electron chi connectivity index (χ1n) is 10.3. The van der Waals surface area contributed by atoms with Crippen molar-refractivity contribution in [2.24, 2.45) is 5.92 Å². The molecule has 3 aromatic rings. The van der Waals surface area contributed by atoms with E-state index in [0.29, 0.717) is 12.0 Å². The van der Waals surface area contributed by atoms with Crippen LogP contribution in [0, 0.1) is 11.7 Å². The Morgan fingerprint density at radius 3 is 1.97 bits per heavy atom. The Hall–Kier alpha value is -2.82. The van der Waals surface area contributed by atoms with E-state index in [1.54, 1.807) is 12.1 Å². The predicted molar refractivity (Wildman–Crippen MR) is 122 cm³/mol. The third-order valence-corrected chi connectivity index (χ3v) is 9.45. The first kappa shape index (κ1) is 20.4. The zero-order valence-corrected chi connectivity index (χ0v) is 18.2. The highest BCUT2D eigenvalue weighted by Gasteiger charge is 2.43. The van der Waals surface area contributed by atoms with E-state index in [0.717, 1.165) is 5.56 Å². The molecule has 3 aromatic carbocycles.